The van der Waals surface area contributed by atoms with Gasteiger partial charge in [0.25, 0.3) is 5.56 Å². The molecule has 0 spiro atoms. The average Bonchev–Trinajstić information content (AvgIpc) is 2.80. The van der Waals surface area contributed by atoms with Gasteiger partial charge >= 0.3 is 11.9 Å². The molecule has 0 bridgehead atoms. The van der Waals surface area contributed by atoms with Crippen LogP contribution >= 0.6 is 0 Å². The molecule has 2 aromatic carbocycles. The number of aromatic nitrogens is 4. The molecule has 0 saturated heterocycles. The predicted molar refractivity (Wildman–Crippen MR) is 114 cm³/mol. The Morgan fingerprint density at radius 3 is 2.30 bits per heavy atom. The molecule has 11 heteroatoms. The molecule has 8 nitrogen and oxygen atoms in total. The van der Waals surface area contributed by atoms with Crippen LogP contribution in [0.3, 0.4) is 0 Å². The van der Waals surface area contributed by atoms with Gasteiger partial charge in [-0.25, -0.2) is 14.8 Å². The minimum atomic E-state index is -4.68. The van der Waals surface area contributed by atoms with Crippen LogP contribution in [0.2, 0.25) is 0 Å². The number of carbonyl (C=O) groups excluding carboxylic acids is 1. The summed E-state index contributed by atoms with van der Waals surface area (Å²) in [5.74, 6) is -0.898. The van der Waals surface area contributed by atoms with Gasteiger partial charge in [0.15, 0.2) is 11.2 Å². The fraction of sp³-hybridized carbons (Fsp3) is 0.136. The topological polar surface area (TPSA) is 98.9 Å². The predicted octanol–water partition coefficient (Wildman–Crippen LogP) is 2.66. The molecule has 33 heavy (non-hydrogen) atoms. The number of amides is 1. The van der Waals surface area contributed by atoms with E-state index in [1.165, 1.54) is 24.5 Å². The van der Waals surface area contributed by atoms with E-state index in [4.69, 9.17) is 0 Å². The Morgan fingerprint density at radius 2 is 1.58 bits per heavy atom. The number of nitrogens with one attached hydrogen (secondary N) is 1. The summed E-state index contributed by atoms with van der Waals surface area (Å²) in [5.41, 5.74) is -2.62. The molecule has 0 fully saturated rings. The van der Waals surface area contributed by atoms with E-state index >= 15 is 0 Å². The number of alkyl halides is 3. The Kier molecular flexibility index (Phi) is 5.78. The van der Waals surface area contributed by atoms with Gasteiger partial charge in [-0.3, -0.25) is 18.7 Å². The average molecular weight is 455 g/mol. The van der Waals surface area contributed by atoms with Gasteiger partial charge in [-0.15, -0.1) is 0 Å². The summed E-state index contributed by atoms with van der Waals surface area (Å²) in [7, 11) is 0. The zero-order chi connectivity index (χ0) is 23.6. The minimum Gasteiger partial charge on any atom is -0.324 e. The molecule has 168 valence electrons. The number of rotatable bonds is 5. The molecule has 0 aliphatic carbocycles. The highest BCUT2D eigenvalue weighted by Crippen LogP contribution is 2.34. The van der Waals surface area contributed by atoms with E-state index in [1.54, 1.807) is 30.3 Å². The molecule has 0 radical (unpaired) electrons. The summed E-state index contributed by atoms with van der Waals surface area (Å²) in [5, 5.41) is 2.19. The highest BCUT2D eigenvalue weighted by Gasteiger charge is 2.33. The summed E-state index contributed by atoms with van der Waals surface area (Å²) in [6.07, 6.45) is -2.16. The third-order valence-electron chi connectivity index (χ3n) is 4.84. The largest absolute Gasteiger partial charge is 0.418 e. The molecule has 2 aromatic heterocycles. The number of nitrogens with zero attached hydrogens (tertiary/aromatic N) is 4. The number of anilines is 1. The maximum atomic E-state index is 13.2. The van der Waals surface area contributed by atoms with Crippen molar-refractivity contribution < 1.29 is 18.0 Å². The van der Waals surface area contributed by atoms with Crippen LogP contribution in [0, 0.1) is 0 Å². The lowest BCUT2D eigenvalue weighted by molar-refractivity contribution is -0.137. The smallest absolute Gasteiger partial charge is 0.324 e. The van der Waals surface area contributed by atoms with Crippen LogP contribution < -0.4 is 16.6 Å². The van der Waals surface area contributed by atoms with Crippen molar-refractivity contribution in [2.24, 2.45) is 0 Å². The minimum absolute atomic E-state index is 0.0798. The van der Waals surface area contributed by atoms with Crippen molar-refractivity contribution in [1.82, 2.24) is 19.1 Å². The summed E-state index contributed by atoms with van der Waals surface area (Å²) >= 11 is 0. The summed E-state index contributed by atoms with van der Waals surface area (Å²) in [4.78, 5) is 46.6. The van der Waals surface area contributed by atoms with E-state index in [0.29, 0.717) is 5.56 Å². The van der Waals surface area contributed by atoms with Gasteiger partial charge in [0.2, 0.25) is 5.91 Å². The third-order valence-corrected chi connectivity index (χ3v) is 4.84. The Labute approximate surface area is 184 Å². The van der Waals surface area contributed by atoms with Crippen LogP contribution in [-0.2, 0) is 24.1 Å². The van der Waals surface area contributed by atoms with Crippen molar-refractivity contribution in [2.45, 2.75) is 19.3 Å². The molecule has 4 rings (SSSR count). The Balaban J connectivity index is 1.75. The second-order valence-electron chi connectivity index (χ2n) is 7.07. The standard InChI is InChI=1S/C22H16F3N5O3/c23-22(24,25)15-8-4-5-9-16(15)28-17(31)13-29-19-18(26-10-11-27-19)20(32)30(21(29)33)12-14-6-2-1-3-7-14/h1-11H,12-13H2,(H,28,31). The van der Waals surface area contributed by atoms with Gasteiger partial charge in [-0.2, -0.15) is 13.2 Å². The molecule has 2 heterocycles. The number of carbonyl (C=O) groups is 1. The number of benzene rings is 2. The molecular formula is C22H16F3N5O3. The van der Waals surface area contributed by atoms with Gasteiger partial charge in [-0.05, 0) is 17.7 Å². The number of halogens is 3. The monoisotopic (exact) mass is 455 g/mol. The summed E-state index contributed by atoms with van der Waals surface area (Å²) < 4.78 is 41.5. The molecule has 4 aromatic rings. The Morgan fingerprint density at radius 1 is 0.909 bits per heavy atom. The zero-order valence-electron chi connectivity index (χ0n) is 16.9. The molecule has 1 N–H and O–H groups in total. The van der Waals surface area contributed by atoms with Gasteiger partial charge in [0.05, 0.1) is 17.8 Å². The first-order valence-corrected chi connectivity index (χ1v) is 9.70. The highest BCUT2D eigenvalue weighted by atomic mass is 19.4. The van der Waals surface area contributed by atoms with Crippen LogP contribution in [0.4, 0.5) is 18.9 Å². The van der Waals surface area contributed by atoms with Crippen LogP contribution in [0.5, 0.6) is 0 Å². The van der Waals surface area contributed by atoms with E-state index in [2.05, 4.69) is 15.3 Å². The van der Waals surface area contributed by atoms with Crippen LogP contribution in [0.1, 0.15) is 11.1 Å². The molecule has 0 aliphatic rings. The van der Waals surface area contributed by atoms with Crippen molar-refractivity contribution in [1.29, 1.82) is 0 Å². The van der Waals surface area contributed by atoms with Gasteiger partial charge in [-0.1, -0.05) is 42.5 Å². The molecule has 0 aliphatic heterocycles. The van der Waals surface area contributed by atoms with E-state index in [0.717, 1.165) is 21.3 Å². The lowest BCUT2D eigenvalue weighted by Crippen LogP contribution is -2.42. The fourth-order valence-electron chi connectivity index (χ4n) is 3.35. The number of hydrogen-bond donors (Lipinski definition) is 1. The SMILES string of the molecule is O=C(Cn1c(=O)n(Cc2ccccc2)c(=O)c2nccnc21)Nc1ccccc1C(F)(F)F. The normalized spacial score (nSPS) is 11.5. The Bertz CT molecular complexity index is 1450. The quantitative estimate of drug-likeness (QED) is 0.499. The lowest BCUT2D eigenvalue weighted by atomic mass is 10.1. The van der Waals surface area contributed by atoms with Crippen LogP contribution in [0.25, 0.3) is 11.2 Å². The van der Waals surface area contributed by atoms with E-state index in [-0.39, 0.29) is 17.7 Å². The molecular weight excluding hydrogens is 439 g/mol. The summed E-state index contributed by atoms with van der Waals surface area (Å²) in [6.45, 7) is -0.751. The second-order valence-corrected chi connectivity index (χ2v) is 7.07. The maximum absolute atomic E-state index is 13.2. The first-order valence-electron chi connectivity index (χ1n) is 9.70. The van der Waals surface area contributed by atoms with Crippen LogP contribution in [0.15, 0.2) is 76.6 Å². The van der Waals surface area contributed by atoms with E-state index in [9.17, 15) is 27.6 Å². The van der Waals surface area contributed by atoms with Gasteiger partial charge in [0.1, 0.15) is 6.54 Å². The fourth-order valence-corrected chi connectivity index (χ4v) is 3.35. The van der Waals surface area contributed by atoms with Gasteiger partial charge in [0, 0.05) is 12.4 Å². The molecule has 0 atom stereocenters. The number of para-hydroxylation sites is 1. The van der Waals surface area contributed by atoms with Gasteiger partial charge < -0.3 is 5.32 Å². The second kappa shape index (κ2) is 8.69. The molecule has 1 amide bonds. The van der Waals surface area contributed by atoms with Crippen molar-refractivity contribution in [3.05, 3.63) is 99.0 Å². The molecule has 0 saturated carbocycles. The van der Waals surface area contributed by atoms with E-state index < -0.39 is 41.1 Å². The lowest BCUT2D eigenvalue weighted by Gasteiger charge is -2.15. The number of fused-ring (bicyclic) bond motifs is 1. The first kappa shape index (κ1) is 21.9. The maximum Gasteiger partial charge on any atom is 0.418 e. The van der Waals surface area contributed by atoms with Crippen molar-refractivity contribution in [2.75, 3.05) is 5.32 Å². The van der Waals surface area contributed by atoms with Crippen molar-refractivity contribution in [3.8, 4) is 0 Å². The van der Waals surface area contributed by atoms with Crippen LogP contribution in [-0.4, -0.2) is 25.0 Å². The molecule has 0 unspecified atom stereocenters. The Hall–Kier alpha value is -4.28. The van der Waals surface area contributed by atoms with Crippen molar-refractivity contribution in [3.63, 3.8) is 0 Å². The third kappa shape index (κ3) is 4.52. The number of hydrogen-bond acceptors (Lipinski definition) is 5. The van der Waals surface area contributed by atoms with E-state index in [1.807, 2.05) is 0 Å². The highest BCUT2D eigenvalue weighted by molar-refractivity contribution is 5.92. The summed E-state index contributed by atoms with van der Waals surface area (Å²) in [6, 6.07) is 13.2. The first-order chi connectivity index (χ1) is 15.8. The van der Waals surface area contributed by atoms with Crippen molar-refractivity contribution >= 4 is 22.8 Å². The zero-order valence-corrected chi connectivity index (χ0v) is 16.9.